The number of fused-ring (bicyclic) bond motifs is 8. The molecule has 0 fully saturated rings. The zero-order valence-corrected chi connectivity index (χ0v) is 32.6. The van der Waals surface area contributed by atoms with Crippen LogP contribution in [0.1, 0.15) is 0 Å². The van der Waals surface area contributed by atoms with Gasteiger partial charge in [0.15, 0.2) is 5.82 Å². The highest BCUT2D eigenvalue weighted by molar-refractivity contribution is 6.29. The van der Waals surface area contributed by atoms with Gasteiger partial charge in [-0.3, -0.25) is 0 Å². The summed E-state index contributed by atoms with van der Waals surface area (Å²) in [4.78, 5) is 10.5. The van der Waals surface area contributed by atoms with Crippen LogP contribution >= 0.6 is 0 Å². The number of benzene rings is 9. The fraction of sp³-hybridized carbons (Fsp3) is 0. The van der Waals surface area contributed by atoms with Gasteiger partial charge < -0.3 is 9.13 Å². The Morgan fingerprint density at radius 1 is 0.300 bits per heavy atom. The molecule has 0 unspecified atom stereocenters. The Morgan fingerprint density at radius 2 is 0.800 bits per heavy atom. The van der Waals surface area contributed by atoms with Gasteiger partial charge in [0.1, 0.15) is 0 Å². The van der Waals surface area contributed by atoms with Gasteiger partial charge in [-0.25, -0.2) is 9.97 Å². The summed E-state index contributed by atoms with van der Waals surface area (Å²) in [5.41, 5.74) is 14.1. The van der Waals surface area contributed by atoms with Crippen molar-refractivity contribution in [1.82, 2.24) is 19.1 Å². The predicted octanol–water partition coefficient (Wildman–Crippen LogP) is 14.5. The minimum atomic E-state index is 0.686. The maximum absolute atomic E-state index is 5.26. The third-order valence-corrected chi connectivity index (χ3v) is 11.9. The normalized spacial score (nSPS) is 11.7. The van der Waals surface area contributed by atoms with Gasteiger partial charge in [-0.05, 0) is 71.1 Å². The third-order valence-electron chi connectivity index (χ3n) is 11.9. The molecule has 9 aromatic carbocycles. The van der Waals surface area contributed by atoms with Gasteiger partial charge in [-0.1, -0.05) is 164 Å². The molecule has 0 aliphatic rings. The van der Waals surface area contributed by atoms with Gasteiger partial charge in [-0.2, -0.15) is 0 Å². The maximum Gasteiger partial charge on any atom is 0.160 e. The van der Waals surface area contributed by atoms with E-state index >= 15 is 0 Å². The molecular formula is C56H36N4. The van der Waals surface area contributed by atoms with Crippen molar-refractivity contribution in [2.45, 2.75) is 0 Å². The lowest BCUT2D eigenvalue weighted by atomic mass is 10.0. The smallest absolute Gasteiger partial charge is 0.160 e. The first-order chi connectivity index (χ1) is 29.8. The second-order valence-electron chi connectivity index (χ2n) is 15.4. The Bertz CT molecular complexity index is 3530. The van der Waals surface area contributed by atoms with Crippen LogP contribution in [0.25, 0.3) is 111 Å². The van der Waals surface area contributed by atoms with Crippen LogP contribution in [0.2, 0.25) is 0 Å². The van der Waals surface area contributed by atoms with E-state index in [0.717, 1.165) is 61.3 Å². The molecule has 0 N–H and O–H groups in total. The van der Waals surface area contributed by atoms with E-state index in [1.54, 1.807) is 0 Å². The lowest BCUT2D eigenvalue weighted by Crippen LogP contribution is -1.99. The average Bonchev–Trinajstić information content (AvgIpc) is 3.85. The van der Waals surface area contributed by atoms with Gasteiger partial charge in [0.2, 0.25) is 0 Å². The SMILES string of the molecule is c1ccc(-c2cccc(-n3c4ccccc4c4c5c6ccccc6n(-c6cc(-c7nc(-c8ccccc8)cc(-c8ccccc8)n7)cc7ccccc67)c5ccc43)c2)cc1. The van der Waals surface area contributed by atoms with E-state index < -0.39 is 0 Å². The minimum absolute atomic E-state index is 0.686. The van der Waals surface area contributed by atoms with Crippen LogP contribution < -0.4 is 0 Å². The highest BCUT2D eigenvalue weighted by atomic mass is 15.0. The quantitative estimate of drug-likeness (QED) is 0.169. The zero-order chi connectivity index (χ0) is 39.6. The number of hydrogen-bond acceptors (Lipinski definition) is 2. The summed E-state index contributed by atoms with van der Waals surface area (Å²) in [5, 5.41) is 7.20. The summed E-state index contributed by atoms with van der Waals surface area (Å²) >= 11 is 0. The van der Waals surface area contributed by atoms with Crippen molar-refractivity contribution in [3.8, 4) is 56.4 Å². The molecule has 0 amide bonds. The number of nitrogens with zero attached hydrogens (tertiary/aromatic N) is 4. The van der Waals surface area contributed by atoms with E-state index in [2.05, 4.69) is 215 Å². The van der Waals surface area contributed by atoms with Crippen molar-refractivity contribution in [1.29, 1.82) is 0 Å². The molecule has 0 atom stereocenters. The van der Waals surface area contributed by atoms with Gasteiger partial charge in [0.25, 0.3) is 0 Å². The monoisotopic (exact) mass is 764 g/mol. The molecule has 60 heavy (non-hydrogen) atoms. The predicted molar refractivity (Wildman–Crippen MR) is 250 cm³/mol. The first-order valence-electron chi connectivity index (χ1n) is 20.4. The lowest BCUT2D eigenvalue weighted by Gasteiger charge is -2.15. The van der Waals surface area contributed by atoms with Gasteiger partial charge in [0, 0.05) is 49.3 Å². The molecule has 3 aromatic heterocycles. The van der Waals surface area contributed by atoms with Gasteiger partial charge >= 0.3 is 0 Å². The Kier molecular flexibility index (Phi) is 7.82. The van der Waals surface area contributed by atoms with Crippen LogP contribution in [0.3, 0.4) is 0 Å². The molecule has 0 radical (unpaired) electrons. The average molecular weight is 765 g/mol. The highest BCUT2D eigenvalue weighted by Crippen LogP contribution is 2.44. The zero-order valence-electron chi connectivity index (χ0n) is 32.6. The Balaban J connectivity index is 1.13. The van der Waals surface area contributed by atoms with Crippen molar-refractivity contribution in [2.24, 2.45) is 0 Å². The molecule has 0 aliphatic carbocycles. The van der Waals surface area contributed by atoms with E-state index in [1.807, 2.05) is 12.1 Å². The first-order valence-corrected chi connectivity index (χ1v) is 20.4. The van der Waals surface area contributed by atoms with E-state index in [1.165, 1.54) is 43.7 Å². The molecular weight excluding hydrogens is 729 g/mol. The van der Waals surface area contributed by atoms with Crippen LogP contribution in [0.15, 0.2) is 218 Å². The van der Waals surface area contributed by atoms with E-state index in [9.17, 15) is 0 Å². The molecule has 12 aromatic rings. The molecule has 4 nitrogen and oxygen atoms in total. The summed E-state index contributed by atoms with van der Waals surface area (Å²) in [7, 11) is 0. The van der Waals surface area contributed by atoms with E-state index in [4.69, 9.17) is 9.97 Å². The number of aromatic nitrogens is 4. The van der Waals surface area contributed by atoms with Crippen LogP contribution in [0.5, 0.6) is 0 Å². The molecule has 0 saturated carbocycles. The molecule has 4 heteroatoms. The standard InChI is InChI=1S/C56H36N4/c1-4-17-37(18-5-1)40-24-16-25-43(34-40)59-49-29-14-12-27-45(49)54-51(59)31-32-52-55(54)46-28-13-15-30-50(46)60(52)53-35-42(33-41-23-10-11-26-44(41)53)56-57-47(38-19-6-2-7-20-38)36-48(58-56)39-21-8-3-9-22-39/h1-36H. The molecule has 12 rings (SSSR count). The van der Waals surface area contributed by atoms with Crippen LogP contribution in [-0.2, 0) is 0 Å². The topological polar surface area (TPSA) is 35.6 Å². The largest absolute Gasteiger partial charge is 0.309 e. The summed E-state index contributed by atoms with van der Waals surface area (Å²) in [5.74, 6) is 0.686. The van der Waals surface area contributed by atoms with Crippen molar-refractivity contribution in [3.05, 3.63) is 218 Å². The van der Waals surface area contributed by atoms with Gasteiger partial charge in [0.05, 0.1) is 39.1 Å². The summed E-state index contributed by atoms with van der Waals surface area (Å²) in [6.07, 6.45) is 0. The number of hydrogen-bond donors (Lipinski definition) is 0. The Hall–Kier alpha value is -8.08. The fourth-order valence-corrected chi connectivity index (χ4v) is 9.21. The second kappa shape index (κ2) is 13.8. The summed E-state index contributed by atoms with van der Waals surface area (Å²) in [6.45, 7) is 0. The van der Waals surface area contributed by atoms with Crippen LogP contribution in [-0.4, -0.2) is 19.1 Å². The molecule has 0 saturated heterocycles. The fourth-order valence-electron chi connectivity index (χ4n) is 9.21. The molecule has 0 spiro atoms. The van der Waals surface area contributed by atoms with Crippen molar-refractivity contribution >= 4 is 54.4 Å². The van der Waals surface area contributed by atoms with Crippen LogP contribution in [0, 0.1) is 0 Å². The summed E-state index contributed by atoms with van der Waals surface area (Å²) < 4.78 is 4.89. The van der Waals surface area contributed by atoms with Crippen molar-refractivity contribution < 1.29 is 0 Å². The van der Waals surface area contributed by atoms with E-state index in [0.29, 0.717) is 5.82 Å². The highest BCUT2D eigenvalue weighted by Gasteiger charge is 2.22. The molecule has 0 bridgehead atoms. The van der Waals surface area contributed by atoms with Crippen LogP contribution in [0.4, 0.5) is 0 Å². The number of para-hydroxylation sites is 2. The Labute approximate surface area is 346 Å². The van der Waals surface area contributed by atoms with Crippen molar-refractivity contribution in [2.75, 3.05) is 0 Å². The van der Waals surface area contributed by atoms with Gasteiger partial charge in [-0.15, -0.1) is 0 Å². The molecule has 3 heterocycles. The second-order valence-corrected chi connectivity index (χ2v) is 15.4. The maximum atomic E-state index is 5.26. The number of rotatable bonds is 6. The lowest BCUT2D eigenvalue weighted by molar-refractivity contribution is 1.17. The van der Waals surface area contributed by atoms with Crippen molar-refractivity contribution in [3.63, 3.8) is 0 Å². The summed E-state index contributed by atoms with van der Waals surface area (Å²) in [6, 6.07) is 77.9. The Morgan fingerprint density at radius 3 is 1.43 bits per heavy atom. The van der Waals surface area contributed by atoms with E-state index in [-0.39, 0.29) is 0 Å². The molecule has 280 valence electrons. The first kappa shape index (κ1) is 34.0. The third kappa shape index (κ3) is 5.46. The molecule has 0 aliphatic heterocycles. The minimum Gasteiger partial charge on any atom is -0.309 e.